The number of halogens is 1. The van der Waals surface area contributed by atoms with Crippen LogP contribution in [0.15, 0.2) is 57.8 Å². The molecule has 0 bridgehead atoms. The number of anilines is 2. The van der Waals surface area contributed by atoms with E-state index in [2.05, 4.69) is 20.5 Å². The molecule has 0 atom stereocenters. The van der Waals surface area contributed by atoms with Gasteiger partial charge in [0.05, 0.1) is 5.69 Å². The number of aromatic nitrogens is 4. The van der Waals surface area contributed by atoms with Crippen LogP contribution >= 0.6 is 23.1 Å². The Labute approximate surface area is 162 Å². The molecule has 0 fully saturated rings. The highest BCUT2D eigenvalue weighted by Gasteiger charge is 2.09. The molecule has 1 aromatic carbocycles. The van der Waals surface area contributed by atoms with Gasteiger partial charge >= 0.3 is 0 Å². The number of benzene rings is 1. The molecule has 0 aliphatic carbocycles. The molecule has 4 aromatic rings. The van der Waals surface area contributed by atoms with Crippen molar-refractivity contribution in [1.29, 1.82) is 0 Å². The van der Waals surface area contributed by atoms with Gasteiger partial charge in [-0.15, -0.1) is 10.2 Å². The van der Waals surface area contributed by atoms with Crippen molar-refractivity contribution >= 4 is 39.6 Å². The Bertz CT molecular complexity index is 1170. The van der Waals surface area contributed by atoms with E-state index in [1.165, 1.54) is 45.7 Å². The second-order valence-electron chi connectivity index (χ2n) is 5.77. The lowest BCUT2D eigenvalue weighted by Gasteiger charge is -2.05. The molecule has 6 nitrogen and oxygen atoms in total. The van der Waals surface area contributed by atoms with Crippen molar-refractivity contribution in [2.24, 2.45) is 0 Å². The predicted molar refractivity (Wildman–Crippen MR) is 105 cm³/mol. The fraction of sp³-hybridized carbons (Fsp3) is 0.111. The van der Waals surface area contributed by atoms with Gasteiger partial charge in [0, 0.05) is 23.7 Å². The number of aryl methyl sites for hydroxylation is 1. The van der Waals surface area contributed by atoms with Crippen LogP contribution in [-0.4, -0.2) is 19.6 Å². The average Bonchev–Trinajstić information content (AvgIpc) is 3.08. The Hall–Kier alpha value is -2.78. The van der Waals surface area contributed by atoms with Crippen LogP contribution in [0.4, 0.5) is 15.2 Å². The molecule has 27 heavy (non-hydrogen) atoms. The minimum absolute atomic E-state index is 0.106. The van der Waals surface area contributed by atoms with Crippen molar-refractivity contribution in [3.8, 4) is 0 Å². The van der Waals surface area contributed by atoms with E-state index in [4.69, 9.17) is 0 Å². The van der Waals surface area contributed by atoms with Crippen LogP contribution in [0.1, 0.15) is 11.3 Å². The Morgan fingerprint density at radius 1 is 1.22 bits per heavy atom. The Balaban J connectivity index is 1.48. The van der Waals surface area contributed by atoms with Crippen LogP contribution in [0.2, 0.25) is 0 Å². The molecule has 0 amide bonds. The maximum atomic E-state index is 13.2. The second-order valence-corrected chi connectivity index (χ2v) is 7.97. The molecular formula is C18H14FN5OS2. The van der Waals surface area contributed by atoms with Crippen molar-refractivity contribution in [3.05, 3.63) is 76.1 Å². The third-order valence-corrected chi connectivity index (χ3v) is 5.77. The van der Waals surface area contributed by atoms with Crippen LogP contribution in [-0.2, 0) is 5.75 Å². The number of pyridine rings is 1. The van der Waals surface area contributed by atoms with E-state index in [1.807, 2.05) is 19.1 Å². The summed E-state index contributed by atoms with van der Waals surface area (Å²) in [5, 5.41) is 11.8. The molecular weight excluding hydrogens is 385 g/mol. The minimum atomic E-state index is -0.317. The highest BCUT2D eigenvalue weighted by atomic mass is 32.2. The highest BCUT2D eigenvalue weighted by molar-refractivity contribution is 8.00. The zero-order chi connectivity index (χ0) is 18.8. The Morgan fingerprint density at radius 3 is 2.96 bits per heavy atom. The maximum absolute atomic E-state index is 13.2. The summed E-state index contributed by atoms with van der Waals surface area (Å²) in [6.07, 6.45) is 1.71. The normalized spacial score (nSPS) is 11.0. The van der Waals surface area contributed by atoms with Gasteiger partial charge in [0.25, 0.3) is 5.56 Å². The lowest BCUT2D eigenvalue weighted by Crippen LogP contribution is -2.15. The minimum Gasteiger partial charge on any atom is -0.330 e. The molecule has 0 aliphatic heterocycles. The Kier molecular flexibility index (Phi) is 4.87. The van der Waals surface area contributed by atoms with E-state index in [0.29, 0.717) is 27.9 Å². The summed E-state index contributed by atoms with van der Waals surface area (Å²) in [4.78, 5) is 16.8. The number of thioether (sulfide) groups is 1. The topological polar surface area (TPSA) is 72.2 Å². The number of hydrogen-bond donors (Lipinski definition) is 1. The predicted octanol–water partition coefficient (Wildman–Crippen LogP) is 4.03. The highest BCUT2D eigenvalue weighted by Crippen LogP contribution is 2.29. The largest absolute Gasteiger partial charge is 0.330 e. The van der Waals surface area contributed by atoms with E-state index in [0.717, 1.165) is 9.90 Å². The quantitative estimate of drug-likeness (QED) is 0.511. The van der Waals surface area contributed by atoms with Gasteiger partial charge in [0.2, 0.25) is 5.13 Å². The summed E-state index contributed by atoms with van der Waals surface area (Å²) in [5.41, 5.74) is 2.80. The lowest BCUT2D eigenvalue weighted by atomic mass is 10.3. The van der Waals surface area contributed by atoms with Crippen LogP contribution in [0.3, 0.4) is 0 Å². The van der Waals surface area contributed by atoms with Crippen LogP contribution in [0, 0.1) is 12.7 Å². The smallest absolute Gasteiger partial charge is 0.258 e. The van der Waals surface area contributed by atoms with E-state index >= 15 is 0 Å². The second kappa shape index (κ2) is 7.45. The van der Waals surface area contributed by atoms with Gasteiger partial charge in [-0.25, -0.2) is 9.37 Å². The van der Waals surface area contributed by atoms with Crippen LogP contribution in [0.25, 0.3) is 5.65 Å². The van der Waals surface area contributed by atoms with E-state index in [9.17, 15) is 9.18 Å². The summed E-state index contributed by atoms with van der Waals surface area (Å²) < 4.78 is 15.5. The standard InChI is InChI=1S/C18H14FN5OS2/c1-11-4-3-7-24-15(25)9-14(20-16(11)24)10-26-18-23-22-17(27-18)21-13-6-2-5-12(19)8-13/h2-9H,10H2,1H3,(H,21,22). The molecule has 4 rings (SSSR count). The molecule has 9 heteroatoms. The van der Waals surface area contributed by atoms with Crippen molar-refractivity contribution in [3.63, 3.8) is 0 Å². The first-order valence-electron chi connectivity index (χ1n) is 8.05. The number of fused-ring (bicyclic) bond motifs is 1. The number of hydrogen-bond acceptors (Lipinski definition) is 7. The molecule has 0 aliphatic rings. The van der Waals surface area contributed by atoms with Gasteiger partial charge in [-0.2, -0.15) is 0 Å². The monoisotopic (exact) mass is 399 g/mol. The SMILES string of the molecule is Cc1cccn2c(=O)cc(CSc3nnc(Nc4cccc(F)c4)s3)nc12. The van der Waals surface area contributed by atoms with Gasteiger partial charge in [0.15, 0.2) is 4.34 Å². The van der Waals surface area contributed by atoms with Crippen molar-refractivity contribution in [1.82, 2.24) is 19.6 Å². The van der Waals surface area contributed by atoms with Gasteiger partial charge in [0.1, 0.15) is 11.5 Å². The zero-order valence-corrected chi connectivity index (χ0v) is 15.9. The molecule has 1 N–H and O–H groups in total. The molecule has 0 saturated carbocycles. The molecule has 0 spiro atoms. The lowest BCUT2D eigenvalue weighted by molar-refractivity contribution is 0.628. The van der Waals surface area contributed by atoms with Gasteiger partial charge in [-0.05, 0) is 36.8 Å². The maximum Gasteiger partial charge on any atom is 0.258 e. The Morgan fingerprint density at radius 2 is 2.11 bits per heavy atom. The summed E-state index contributed by atoms with van der Waals surface area (Å²) >= 11 is 2.81. The first kappa shape index (κ1) is 17.6. The fourth-order valence-electron chi connectivity index (χ4n) is 2.53. The number of nitrogens with zero attached hydrogens (tertiary/aromatic N) is 4. The molecule has 136 valence electrons. The van der Waals surface area contributed by atoms with E-state index in [-0.39, 0.29) is 11.4 Å². The van der Waals surface area contributed by atoms with Gasteiger partial charge in [-0.1, -0.05) is 35.2 Å². The number of nitrogens with one attached hydrogen (secondary N) is 1. The van der Waals surface area contributed by atoms with E-state index < -0.39 is 0 Å². The van der Waals surface area contributed by atoms with Gasteiger partial charge < -0.3 is 5.32 Å². The molecule has 3 aromatic heterocycles. The third kappa shape index (κ3) is 3.99. The third-order valence-electron chi connectivity index (χ3n) is 3.77. The van der Waals surface area contributed by atoms with Crippen molar-refractivity contribution in [2.75, 3.05) is 5.32 Å². The van der Waals surface area contributed by atoms with Crippen molar-refractivity contribution in [2.45, 2.75) is 17.0 Å². The summed E-state index contributed by atoms with van der Waals surface area (Å²) in [6, 6.07) is 11.4. The first-order chi connectivity index (χ1) is 13.1. The molecule has 3 heterocycles. The summed E-state index contributed by atoms with van der Waals surface area (Å²) in [6.45, 7) is 1.92. The molecule has 0 saturated heterocycles. The average molecular weight is 399 g/mol. The molecule has 0 radical (unpaired) electrons. The fourth-order valence-corrected chi connectivity index (χ4v) is 4.19. The van der Waals surface area contributed by atoms with Crippen LogP contribution < -0.4 is 10.9 Å². The first-order valence-corrected chi connectivity index (χ1v) is 9.85. The zero-order valence-electron chi connectivity index (χ0n) is 14.2. The van der Waals surface area contributed by atoms with Crippen molar-refractivity contribution < 1.29 is 4.39 Å². The molecule has 0 unspecified atom stereocenters. The van der Waals surface area contributed by atoms with Crippen LogP contribution in [0.5, 0.6) is 0 Å². The van der Waals surface area contributed by atoms with E-state index in [1.54, 1.807) is 18.3 Å². The van der Waals surface area contributed by atoms with Gasteiger partial charge in [-0.3, -0.25) is 9.20 Å². The number of rotatable bonds is 5. The summed E-state index contributed by atoms with van der Waals surface area (Å²) in [7, 11) is 0. The summed E-state index contributed by atoms with van der Waals surface area (Å²) in [5.74, 6) is 0.192.